The van der Waals surface area contributed by atoms with Crippen LogP contribution in [0.1, 0.15) is 104 Å². The molecule has 2 N–H and O–H groups in total. The van der Waals surface area contributed by atoms with Gasteiger partial charge in [0.2, 0.25) is 0 Å². The molecule has 0 saturated heterocycles. The SMILES string of the molecule is CC.CC.CCCCCCCCCC(O)CC(=O)CCc1ccc(O)c(OC)c1. The second kappa shape index (κ2) is 21.2. The Morgan fingerprint density at radius 1 is 1.00 bits per heavy atom. The van der Waals surface area contributed by atoms with Crippen molar-refractivity contribution in [3.05, 3.63) is 23.8 Å². The fourth-order valence-corrected chi connectivity index (χ4v) is 2.97. The van der Waals surface area contributed by atoms with E-state index >= 15 is 0 Å². The number of Topliss-reactive ketones (excluding diaryl/α,β-unsaturated/α-hetero) is 1. The molecule has 4 heteroatoms. The Hall–Kier alpha value is -1.55. The summed E-state index contributed by atoms with van der Waals surface area (Å²) in [6, 6.07) is 5.12. The van der Waals surface area contributed by atoms with Gasteiger partial charge in [-0.05, 0) is 30.5 Å². The molecule has 1 aromatic rings. The minimum absolute atomic E-state index is 0.0856. The van der Waals surface area contributed by atoms with Crippen LogP contribution in [0.15, 0.2) is 18.2 Å². The van der Waals surface area contributed by atoms with Crippen molar-refractivity contribution in [3.8, 4) is 11.5 Å². The molecule has 1 unspecified atom stereocenters. The number of aryl methyl sites for hydroxylation is 1. The highest BCUT2D eigenvalue weighted by Crippen LogP contribution is 2.26. The fourth-order valence-electron chi connectivity index (χ4n) is 2.97. The number of carbonyl (C=O) groups is 1. The van der Waals surface area contributed by atoms with E-state index in [0.29, 0.717) is 25.0 Å². The van der Waals surface area contributed by atoms with E-state index in [2.05, 4.69) is 6.92 Å². The first kappa shape index (κ1) is 29.6. The van der Waals surface area contributed by atoms with Gasteiger partial charge in [0.1, 0.15) is 5.78 Å². The van der Waals surface area contributed by atoms with E-state index in [4.69, 9.17) is 4.74 Å². The number of unbranched alkanes of at least 4 members (excludes halogenated alkanes) is 6. The molecule has 0 amide bonds. The van der Waals surface area contributed by atoms with Gasteiger partial charge < -0.3 is 14.9 Å². The zero-order valence-corrected chi connectivity index (χ0v) is 19.8. The van der Waals surface area contributed by atoms with Crippen molar-refractivity contribution < 1.29 is 19.7 Å². The topological polar surface area (TPSA) is 66.8 Å². The smallest absolute Gasteiger partial charge is 0.160 e. The number of ether oxygens (including phenoxy) is 1. The van der Waals surface area contributed by atoms with Crippen LogP contribution in [-0.4, -0.2) is 29.2 Å². The highest BCUT2D eigenvalue weighted by molar-refractivity contribution is 5.79. The zero-order chi connectivity index (χ0) is 22.5. The molecule has 0 aromatic heterocycles. The summed E-state index contributed by atoms with van der Waals surface area (Å²) in [5.74, 6) is 0.606. The summed E-state index contributed by atoms with van der Waals surface area (Å²) >= 11 is 0. The van der Waals surface area contributed by atoms with Crippen LogP contribution in [0.4, 0.5) is 0 Å². The molecular weight excluding hydrogens is 364 g/mol. The quantitative estimate of drug-likeness (QED) is 0.329. The van der Waals surface area contributed by atoms with Crippen LogP contribution in [0.25, 0.3) is 0 Å². The van der Waals surface area contributed by atoms with Gasteiger partial charge in [-0.2, -0.15) is 0 Å². The summed E-state index contributed by atoms with van der Waals surface area (Å²) < 4.78 is 5.07. The molecule has 0 aliphatic rings. The molecular formula is C25H46O4. The molecule has 29 heavy (non-hydrogen) atoms. The van der Waals surface area contributed by atoms with E-state index in [1.807, 2.05) is 27.7 Å². The number of phenolic OH excluding ortho intramolecular Hbond substituents is 1. The van der Waals surface area contributed by atoms with E-state index in [-0.39, 0.29) is 18.0 Å². The van der Waals surface area contributed by atoms with E-state index in [1.54, 1.807) is 18.2 Å². The number of aromatic hydroxyl groups is 1. The van der Waals surface area contributed by atoms with Crippen molar-refractivity contribution in [1.29, 1.82) is 0 Å². The molecule has 0 saturated carbocycles. The molecule has 0 aliphatic carbocycles. The lowest BCUT2D eigenvalue weighted by Gasteiger charge is -2.10. The first-order chi connectivity index (χ1) is 14.1. The average molecular weight is 411 g/mol. The van der Waals surface area contributed by atoms with E-state index in [9.17, 15) is 15.0 Å². The number of methoxy groups -OCH3 is 1. The summed E-state index contributed by atoms with van der Waals surface area (Å²) in [7, 11) is 1.50. The van der Waals surface area contributed by atoms with Crippen molar-refractivity contribution in [2.45, 2.75) is 111 Å². The van der Waals surface area contributed by atoms with E-state index < -0.39 is 6.10 Å². The standard InChI is InChI=1S/C21H34O4.2C2H6/c1-3-4-5-6-7-8-9-10-18(22)16-19(23)13-11-17-12-14-20(24)21(15-17)25-2;2*1-2/h12,14-15,18,22,24H,3-11,13,16H2,1-2H3;2*1-2H3. The summed E-state index contributed by atoms with van der Waals surface area (Å²) in [5.41, 5.74) is 0.949. The number of hydrogen-bond donors (Lipinski definition) is 2. The van der Waals surface area contributed by atoms with Crippen LogP contribution in [0.5, 0.6) is 11.5 Å². The van der Waals surface area contributed by atoms with Gasteiger partial charge >= 0.3 is 0 Å². The fraction of sp³-hybridized carbons (Fsp3) is 0.720. The molecule has 0 radical (unpaired) electrons. The Bertz CT molecular complexity index is 500. The summed E-state index contributed by atoms with van der Waals surface area (Å²) in [6.07, 6.45) is 9.96. The largest absolute Gasteiger partial charge is 0.504 e. The van der Waals surface area contributed by atoms with Gasteiger partial charge in [0, 0.05) is 12.8 Å². The van der Waals surface area contributed by atoms with Gasteiger partial charge in [-0.1, -0.05) is 85.6 Å². The second-order valence-corrected chi connectivity index (χ2v) is 6.81. The predicted octanol–water partition coefficient (Wildman–Crippen LogP) is 6.85. The minimum Gasteiger partial charge on any atom is -0.504 e. The van der Waals surface area contributed by atoms with Crippen LogP contribution in [0.3, 0.4) is 0 Å². The number of carbonyl (C=O) groups excluding carboxylic acids is 1. The number of ketones is 1. The molecule has 0 aliphatic heterocycles. The van der Waals surface area contributed by atoms with Crippen LogP contribution >= 0.6 is 0 Å². The third-order valence-corrected chi connectivity index (χ3v) is 4.54. The van der Waals surface area contributed by atoms with Gasteiger partial charge in [0.15, 0.2) is 11.5 Å². The summed E-state index contributed by atoms with van der Waals surface area (Å²) in [6.45, 7) is 10.2. The lowest BCUT2D eigenvalue weighted by atomic mass is 10.0. The van der Waals surface area contributed by atoms with E-state index in [1.165, 1.54) is 39.2 Å². The number of aliphatic hydroxyl groups is 1. The molecule has 0 fully saturated rings. The van der Waals surface area contributed by atoms with Crippen molar-refractivity contribution in [2.24, 2.45) is 0 Å². The molecule has 1 rings (SSSR count). The van der Waals surface area contributed by atoms with Crippen LogP contribution in [-0.2, 0) is 11.2 Å². The van der Waals surface area contributed by atoms with Gasteiger partial charge in [0.25, 0.3) is 0 Å². The van der Waals surface area contributed by atoms with Crippen molar-refractivity contribution in [3.63, 3.8) is 0 Å². The summed E-state index contributed by atoms with van der Waals surface area (Å²) in [5, 5.41) is 19.6. The van der Waals surface area contributed by atoms with Gasteiger partial charge in [-0.15, -0.1) is 0 Å². The Balaban J connectivity index is 0. The molecule has 1 aromatic carbocycles. The zero-order valence-electron chi connectivity index (χ0n) is 19.8. The van der Waals surface area contributed by atoms with Crippen LogP contribution < -0.4 is 4.74 Å². The molecule has 170 valence electrons. The maximum atomic E-state index is 12.0. The Morgan fingerprint density at radius 2 is 1.59 bits per heavy atom. The number of benzene rings is 1. The highest BCUT2D eigenvalue weighted by atomic mass is 16.5. The Labute approximate surface area is 179 Å². The summed E-state index contributed by atoms with van der Waals surface area (Å²) in [4.78, 5) is 12.0. The monoisotopic (exact) mass is 410 g/mol. The van der Waals surface area contributed by atoms with Crippen LogP contribution in [0, 0.1) is 0 Å². The molecule has 0 bridgehead atoms. The predicted molar refractivity (Wildman–Crippen MR) is 124 cm³/mol. The molecule has 0 heterocycles. The van der Waals surface area contributed by atoms with E-state index in [0.717, 1.165) is 18.4 Å². The first-order valence-corrected chi connectivity index (χ1v) is 11.6. The van der Waals surface area contributed by atoms with Gasteiger partial charge in [-0.3, -0.25) is 4.79 Å². The van der Waals surface area contributed by atoms with Crippen molar-refractivity contribution in [1.82, 2.24) is 0 Å². The van der Waals surface area contributed by atoms with Crippen molar-refractivity contribution in [2.75, 3.05) is 7.11 Å². The van der Waals surface area contributed by atoms with Gasteiger partial charge in [-0.25, -0.2) is 0 Å². The Morgan fingerprint density at radius 3 is 2.17 bits per heavy atom. The maximum Gasteiger partial charge on any atom is 0.160 e. The number of hydrogen-bond acceptors (Lipinski definition) is 4. The first-order valence-electron chi connectivity index (χ1n) is 11.6. The normalized spacial score (nSPS) is 10.9. The average Bonchev–Trinajstić information content (AvgIpc) is 2.75. The lowest BCUT2D eigenvalue weighted by Crippen LogP contribution is -2.14. The third-order valence-electron chi connectivity index (χ3n) is 4.54. The minimum atomic E-state index is -0.516. The highest BCUT2D eigenvalue weighted by Gasteiger charge is 2.11. The number of phenols is 1. The number of aliphatic hydroxyl groups excluding tert-OH is 1. The number of rotatable bonds is 14. The second-order valence-electron chi connectivity index (χ2n) is 6.81. The molecule has 1 atom stereocenters. The molecule has 0 spiro atoms. The van der Waals surface area contributed by atoms with Crippen molar-refractivity contribution >= 4 is 5.78 Å². The third kappa shape index (κ3) is 16.0. The van der Waals surface area contributed by atoms with Crippen LogP contribution in [0.2, 0.25) is 0 Å². The van der Waals surface area contributed by atoms with Gasteiger partial charge in [0.05, 0.1) is 13.2 Å². The maximum absolute atomic E-state index is 12.0. The Kier molecular flexibility index (Phi) is 21.6. The lowest BCUT2D eigenvalue weighted by molar-refractivity contribution is -0.121. The molecule has 4 nitrogen and oxygen atoms in total.